The number of carbonyl (C=O) groups is 2. The van der Waals surface area contributed by atoms with E-state index in [1.54, 1.807) is 24.3 Å². The van der Waals surface area contributed by atoms with Gasteiger partial charge in [-0.3, -0.25) is 4.79 Å². The van der Waals surface area contributed by atoms with Crippen LogP contribution in [-0.4, -0.2) is 30.0 Å². The molecule has 0 aromatic heterocycles. The molecule has 0 aliphatic carbocycles. The van der Waals surface area contributed by atoms with Gasteiger partial charge < -0.3 is 20.7 Å². The monoisotopic (exact) mass is 353 g/mol. The van der Waals surface area contributed by atoms with Crippen LogP contribution in [0.3, 0.4) is 0 Å². The van der Waals surface area contributed by atoms with E-state index in [1.807, 2.05) is 36.1 Å². The number of nitrogens with zero attached hydrogens (tertiary/aromatic N) is 1. The normalized spacial score (nSPS) is 16.3. The Morgan fingerprint density at radius 1 is 1.15 bits per heavy atom. The number of hydrogen-bond acceptors (Lipinski definition) is 3. The number of likely N-dealkylation sites (tertiary alicyclic amines) is 1. The van der Waals surface area contributed by atoms with Gasteiger partial charge in [-0.2, -0.15) is 0 Å². The highest BCUT2D eigenvalue weighted by molar-refractivity contribution is 5.95. The zero-order valence-electron chi connectivity index (χ0n) is 14.8. The van der Waals surface area contributed by atoms with Gasteiger partial charge >= 0.3 is 6.03 Å². The smallest absolute Gasteiger partial charge is 0.316 e. The number of amides is 3. The van der Waals surface area contributed by atoms with E-state index in [0.717, 1.165) is 30.7 Å². The average molecular weight is 353 g/mol. The summed E-state index contributed by atoms with van der Waals surface area (Å²) in [7, 11) is 0. The van der Waals surface area contributed by atoms with E-state index >= 15 is 0 Å². The summed E-state index contributed by atoms with van der Waals surface area (Å²) in [5.74, 6) is 0.830. The summed E-state index contributed by atoms with van der Waals surface area (Å²) in [6.45, 7) is 3.32. The number of nitrogens with one attached hydrogen (secondary N) is 1. The lowest BCUT2D eigenvalue weighted by molar-refractivity contribution is 0.0735. The standard InChI is InChI=1S/C20H23N3O3/c1-2-26-17-11-7-14(8-12-17)18-4-3-13-23(18)19(24)15-5-9-16(10-6-15)22-20(21)25/h5-12,18H,2-4,13H2,1H3,(H3,21,22,25). The van der Waals surface area contributed by atoms with Crippen molar-refractivity contribution in [2.75, 3.05) is 18.5 Å². The van der Waals surface area contributed by atoms with Gasteiger partial charge in [0.15, 0.2) is 0 Å². The van der Waals surface area contributed by atoms with Gasteiger partial charge in [-0.15, -0.1) is 0 Å². The summed E-state index contributed by atoms with van der Waals surface area (Å²) in [4.78, 5) is 25.7. The van der Waals surface area contributed by atoms with Crippen LogP contribution >= 0.6 is 0 Å². The SMILES string of the molecule is CCOc1ccc(C2CCCN2C(=O)c2ccc(NC(N)=O)cc2)cc1. The number of rotatable bonds is 5. The van der Waals surface area contributed by atoms with Crippen molar-refractivity contribution in [1.29, 1.82) is 0 Å². The lowest BCUT2D eigenvalue weighted by Crippen LogP contribution is -2.30. The second-order valence-electron chi connectivity index (χ2n) is 6.23. The maximum Gasteiger partial charge on any atom is 0.316 e. The first kappa shape index (κ1) is 17.8. The molecule has 1 heterocycles. The molecular formula is C20H23N3O3. The second kappa shape index (κ2) is 7.91. The van der Waals surface area contributed by atoms with Crippen LogP contribution < -0.4 is 15.8 Å². The number of benzene rings is 2. The number of primary amides is 1. The number of carbonyl (C=O) groups excluding carboxylic acids is 2. The Morgan fingerprint density at radius 3 is 2.46 bits per heavy atom. The van der Waals surface area contributed by atoms with Gasteiger partial charge in [0, 0.05) is 17.8 Å². The lowest BCUT2D eigenvalue weighted by Gasteiger charge is -2.25. The summed E-state index contributed by atoms with van der Waals surface area (Å²) in [6.07, 6.45) is 1.92. The van der Waals surface area contributed by atoms with Gasteiger partial charge in [0.1, 0.15) is 5.75 Å². The van der Waals surface area contributed by atoms with Crippen molar-refractivity contribution in [2.24, 2.45) is 5.73 Å². The van der Waals surface area contributed by atoms with E-state index < -0.39 is 6.03 Å². The Morgan fingerprint density at radius 2 is 1.85 bits per heavy atom. The van der Waals surface area contributed by atoms with Crippen molar-refractivity contribution in [2.45, 2.75) is 25.8 Å². The Hall–Kier alpha value is -3.02. The first-order valence-corrected chi connectivity index (χ1v) is 8.78. The van der Waals surface area contributed by atoms with Crippen LogP contribution in [0.2, 0.25) is 0 Å². The zero-order valence-corrected chi connectivity index (χ0v) is 14.8. The fraction of sp³-hybridized carbons (Fsp3) is 0.300. The summed E-state index contributed by atoms with van der Waals surface area (Å²) < 4.78 is 5.49. The summed E-state index contributed by atoms with van der Waals surface area (Å²) in [5, 5.41) is 2.49. The third-order valence-corrected chi connectivity index (χ3v) is 4.49. The molecular weight excluding hydrogens is 330 g/mol. The molecule has 1 unspecified atom stereocenters. The van der Waals surface area contributed by atoms with Crippen LogP contribution in [-0.2, 0) is 0 Å². The van der Waals surface area contributed by atoms with Crippen molar-refractivity contribution in [3.8, 4) is 5.75 Å². The molecule has 3 amide bonds. The van der Waals surface area contributed by atoms with Crippen molar-refractivity contribution in [1.82, 2.24) is 4.90 Å². The van der Waals surface area contributed by atoms with E-state index in [9.17, 15) is 9.59 Å². The predicted molar refractivity (Wildman–Crippen MR) is 100 cm³/mol. The van der Waals surface area contributed by atoms with Crippen LogP contribution in [0.5, 0.6) is 5.75 Å². The molecule has 26 heavy (non-hydrogen) atoms. The molecule has 0 saturated carbocycles. The van der Waals surface area contributed by atoms with E-state index in [1.165, 1.54) is 0 Å². The Labute approximate surface area is 152 Å². The van der Waals surface area contributed by atoms with Gasteiger partial charge in [0.05, 0.1) is 12.6 Å². The van der Waals surface area contributed by atoms with E-state index in [4.69, 9.17) is 10.5 Å². The average Bonchev–Trinajstić information content (AvgIpc) is 3.12. The minimum atomic E-state index is -0.626. The molecule has 2 aromatic carbocycles. The molecule has 0 spiro atoms. The summed E-state index contributed by atoms with van der Waals surface area (Å²) in [5.41, 5.74) is 7.38. The highest BCUT2D eigenvalue weighted by atomic mass is 16.5. The first-order chi connectivity index (χ1) is 12.6. The molecule has 1 saturated heterocycles. The maximum atomic E-state index is 12.9. The van der Waals surface area contributed by atoms with Crippen molar-refractivity contribution in [3.05, 3.63) is 59.7 Å². The number of ether oxygens (including phenoxy) is 1. The molecule has 0 radical (unpaired) electrons. The number of nitrogens with two attached hydrogens (primary N) is 1. The molecule has 136 valence electrons. The summed E-state index contributed by atoms with van der Waals surface area (Å²) in [6, 6.07) is 14.2. The molecule has 6 heteroatoms. The Bertz CT molecular complexity index is 772. The van der Waals surface area contributed by atoms with E-state index in [0.29, 0.717) is 17.9 Å². The van der Waals surface area contributed by atoms with Crippen LogP contribution in [0, 0.1) is 0 Å². The minimum absolute atomic E-state index is 0.00740. The van der Waals surface area contributed by atoms with E-state index in [-0.39, 0.29) is 11.9 Å². The van der Waals surface area contributed by atoms with Crippen molar-refractivity contribution in [3.63, 3.8) is 0 Å². The van der Waals surface area contributed by atoms with Crippen LogP contribution in [0.1, 0.15) is 41.7 Å². The van der Waals surface area contributed by atoms with Crippen LogP contribution in [0.15, 0.2) is 48.5 Å². The fourth-order valence-electron chi connectivity index (χ4n) is 3.31. The quantitative estimate of drug-likeness (QED) is 0.862. The molecule has 1 atom stereocenters. The topological polar surface area (TPSA) is 84.7 Å². The molecule has 2 aromatic rings. The molecule has 0 bridgehead atoms. The van der Waals surface area contributed by atoms with E-state index in [2.05, 4.69) is 5.32 Å². The van der Waals surface area contributed by atoms with Gasteiger partial charge in [0.25, 0.3) is 5.91 Å². The van der Waals surface area contributed by atoms with Gasteiger partial charge in [0.2, 0.25) is 0 Å². The molecule has 3 N–H and O–H groups in total. The third-order valence-electron chi connectivity index (χ3n) is 4.49. The minimum Gasteiger partial charge on any atom is -0.494 e. The molecule has 6 nitrogen and oxygen atoms in total. The number of urea groups is 1. The summed E-state index contributed by atoms with van der Waals surface area (Å²) >= 11 is 0. The molecule has 3 rings (SSSR count). The molecule has 1 fully saturated rings. The lowest BCUT2D eigenvalue weighted by atomic mass is 10.0. The fourth-order valence-corrected chi connectivity index (χ4v) is 3.31. The van der Waals surface area contributed by atoms with Gasteiger partial charge in [-0.1, -0.05) is 12.1 Å². The van der Waals surface area contributed by atoms with Crippen molar-refractivity contribution >= 4 is 17.6 Å². The maximum absolute atomic E-state index is 12.9. The molecule has 1 aliphatic rings. The van der Waals surface area contributed by atoms with Crippen LogP contribution in [0.25, 0.3) is 0 Å². The highest BCUT2D eigenvalue weighted by Gasteiger charge is 2.30. The zero-order chi connectivity index (χ0) is 18.5. The van der Waals surface area contributed by atoms with Crippen molar-refractivity contribution < 1.29 is 14.3 Å². The van der Waals surface area contributed by atoms with Gasteiger partial charge in [-0.05, 0) is 61.7 Å². The number of hydrogen-bond donors (Lipinski definition) is 2. The van der Waals surface area contributed by atoms with Crippen LogP contribution in [0.4, 0.5) is 10.5 Å². The highest BCUT2D eigenvalue weighted by Crippen LogP contribution is 2.34. The van der Waals surface area contributed by atoms with Gasteiger partial charge in [-0.25, -0.2) is 4.79 Å². The largest absolute Gasteiger partial charge is 0.494 e. The Kier molecular flexibility index (Phi) is 5.41. The third kappa shape index (κ3) is 3.96. The number of anilines is 1. The first-order valence-electron chi connectivity index (χ1n) is 8.78. The Balaban J connectivity index is 1.74. The second-order valence-corrected chi connectivity index (χ2v) is 6.23. The predicted octanol–water partition coefficient (Wildman–Crippen LogP) is 3.55. The molecule has 1 aliphatic heterocycles.